The number of benzene rings is 2. The fraction of sp³-hybridized carbons (Fsp3) is 0.167. The summed E-state index contributed by atoms with van der Waals surface area (Å²) in [5.41, 5.74) is 6.60. The summed E-state index contributed by atoms with van der Waals surface area (Å²) in [6, 6.07) is 13.3. The van der Waals surface area contributed by atoms with Gasteiger partial charge in [-0.1, -0.05) is 13.0 Å². The van der Waals surface area contributed by atoms with Crippen LogP contribution in [0, 0.1) is 0 Å². The number of rotatable bonds is 6. The molecular weight excluding hydrogens is 338 g/mol. The van der Waals surface area contributed by atoms with E-state index >= 15 is 0 Å². The number of hydrogen-bond donors (Lipinski definition) is 3. The number of nitrogens with one attached hydrogen (secondary N) is 2. The van der Waals surface area contributed by atoms with Gasteiger partial charge in [-0.25, -0.2) is 0 Å². The SMILES string of the molecule is CCCOc1ccc(C(=O)NC(=S)Nc2cccc(C(N)=O)c2)cc1. The van der Waals surface area contributed by atoms with Gasteiger partial charge in [0.2, 0.25) is 5.91 Å². The maximum atomic E-state index is 12.2. The minimum absolute atomic E-state index is 0.123. The van der Waals surface area contributed by atoms with E-state index in [1.807, 2.05) is 6.92 Å². The molecule has 0 bridgehead atoms. The van der Waals surface area contributed by atoms with Crippen LogP contribution in [0.25, 0.3) is 0 Å². The van der Waals surface area contributed by atoms with Gasteiger partial charge in [-0.15, -0.1) is 0 Å². The summed E-state index contributed by atoms with van der Waals surface area (Å²) in [7, 11) is 0. The van der Waals surface area contributed by atoms with Crippen LogP contribution < -0.4 is 21.1 Å². The van der Waals surface area contributed by atoms with E-state index < -0.39 is 5.91 Å². The van der Waals surface area contributed by atoms with E-state index in [4.69, 9.17) is 22.7 Å². The van der Waals surface area contributed by atoms with Crippen molar-refractivity contribution in [3.63, 3.8) is 0 Å². The monoisotopic (exact) mass is 357 g/mol. The molecule has 0 atom stereocenters. The largest absolute Gasteiger partial charge is 0.494 e. The van der Waals surface area contributed by atoms with Crippen LogP contribution in [0.3, 0.4) is 0 Å². The van der Waals surface area contributed by atoms with Crippen LogP contribution in [0.15, 0.2) is 48.5 Å². The molecular formula is C18H19N3O3S. The zero-order valence-corrected chi connectivity index (χ0v) is 14.6. The van der Waals surface area contributed by atoms with Gasteiger partial charge < -0.3 is 15.8 Å². The number of hydrogen-bond acceptors (Lipinski definition) is 4. The van der Waals surface area contributed by atoms with Gasteiger partial charge in [0.25, 0.3) is 5.91 Å². The number of nitrogens with two attached hydrogens (primary N) is 1. The molecule has 0 aromatic heterocycles. The minimum atomic E-state index is -0.538. The Morgan fingerprint density at radius 2 is 1.84 bits per heavy atom. The standard InChI is InChI=1S/C18H19N3O3S/c1-2-10-24-15-8-6-12(7-9-15)17(23)21-18(25)20-14-5-3-4-13(11-14)16(19)22/h3-9,11H,2,10H2,1H3,(H2,19,22)(H2,20,21,23,25). The van der Waals surface area contributed by atoms with E-state index in [0.717, 1.165) is 6.42 Å². The molecule has 0 fully saturated rings. The molecule has 0 saturated carbocycles. The highest BCUT2D eigenvalue weighted by Crippen LogP contribution is 2.13. The summed E-state index contributed by atoms with van der Waals surface area (Å²) in [5.74, 6) is -0.169. The maximum Gasteiger partial charge on any atom is 0.257 e. The molecule has 7 heteroatoms. The topological polar surface area (TPSA) is 93.4 Å². The molecule has 0 aliphatic heterocycles. The predicted octanol–water partition coefficient (Wildman–Crippen LogP) is 2.70. The van der Waals surface area contributed by atoms with Crippen molar-refractivity contribution < 1.29 is 14.3 Å². The van der Waals surface area contributed by atoms with Crippen molar-refractivity contribution in [1.82, 2.24) is 5.32 Å². The molecule has 6 nitrogen and oxygen atoms in total. The predicted molar refractivity (Wildman–Crippen MR) is 101 cm³/mol. The third-order valence-electron chi connectivity index (χ3n) is 3.22. The van der Waals surface area contributed by atoms with Crippen LogP contribution in [0.2, 0.25) is 0 Å². The van der Waals surface area contributed by atoms with Crippen molar-refractivity contribution in [2.24, 2.45) is 5.73 Å². The fourth-order valence-corrected chi connectivity index (χ4v) is 2.22. The number of carbonyl (C=O) groups is 2. The summed E-state index contributed by atoms with van der Waals surface area (Å²) < 4.78 is 5.47. The highest BCUT2D eigenvalue weighted by atomic mass is 32.1. The summed E-state index contributed by atoms with van der Waals surface area (Å²) in [6.07, 6.45) is 0.916. The second kappa shape index (κ2) is 8.79. The number of carbonyl (C=O) groups excluding carboxylic acids is 2. The van der Waals surface area contributed by atoms with Gasteiger partial charge in [-0.3, -0.25) is 14.9 Å². The molecule has 0 aliphatic rings. The molecule has 130 valence electrons. The van der Waals surface area contributed by atoms with E-state index in [9.17, 15) is 9.59 Å². The highest BCUT2D eigenvalue weighted by Gasteiger charge is 2.09. The smallest absolute Gasteiger partial charge is 0.257 e. The van der Waals surface area contributed by atoms with Crippen molar-refractivity contribution in [3.05, 3.63) is 59.7 Å². The molecule has 2 aromatic carbocycles. The van der Waals surface area contributed by atoms with Crippen molar-refractivity contribution in [2.75, 3.05) is 11.9 Å². The van der Waals surface area contributed by atoms with E-state index in [1.165, 1.54) is 0 Å². The molecule has 0 unspecified atom stereocenters. The normalized spacial score (nSPS) is 9.96. The minimum Gasteiger partial charge on any atom is -0.494 e. The second-order valence-electron chi connectivity index (χ2n) is 5.23. The quantitative estimate of drug-likeness (QED) is 0.691. The Hall–Kier alpha value is -2.93. The molecule has 25 heavy (non-hydrogen) atoms. The molecule has 2 amide bonds. The Balaban J connectivity index is 1.94. The zero-order chi connectivity index (χ0) is 18.2. The van der Waals surface area contributed by atoms with Crippen molar-refractivity contribution in [1.29, 1.82) is 0 Å². The van der Waals surface area contributed by atoms with Crippen LogP contribution in [-0.2, 0) is 0 Å². The second-order valence-corrected chi connectivity index (χ2v) is 5.63. The third-order valence-corrected chi connectivity index (χ3v) is 3.43. The van der Waals surface area contributed by atoms with E-state index in [0.29, 0.717) is 29.2 Å². The molecule has 0 saturated heterocycles. The van der Waals surface area contributed by atoms with Crippen LogP contribution in [-0.4, -0.2) is 23.5 Å². The first kappa shape index (κ1) is 18.4. The Labute approximate surface area is 151 Å². The highest BCUT2D eigenvalue weighted by molar-refractivity contribution is 7.80. The zero-order valence-electron chi connectivity index (χ0n) is 13.7. The number of anilines is 1. The van der Waals surface area contributed by atoms with Gasteiger partial charge in [-0.05, 0) is 61.1 Å². The molecule has 4 N–H and O–H groups in total. The summed E-state index contributed by atoms with van der Waals surface area (Å²) in [5, 5.41) is 5.55. The van der Waals surface area contributed by atoms with Gasteiger partial charge in [0, 0.05) is 16.8 Å². The molecule has 2 rings (SSSR count). The third kappa shape index (κ3) is 5.58. The Kier molecular flexibility index (Phi) is 6.47. The van der Waals surface area contributed by atoms with Crippen molar-refractivity contribution in [2.45, 2.75) is 13.3 Å². The summed E-state index contributed by atoms with van der Waals surface area (Å²) in [6.45, 7) is 2.65. The molecule has 0 heterocycles. The van der Waals surface area contributed by atoms with Crippen LogP contribution in [0.5, 0.6) is 5.75 Å². The molecule has 2 aromatic rings. The van der Waals surface area contributed by atoms with E-state index in [-0.39, 0.29) is 11.0 Å². The number of primary amides is 1. The first-order valence-electron chi connectivity index (χ1n) is 7.74. The maximum absolute atomic E-state index is 12.2. The summed E-state index contributed by atoms with van der Waals surface area (Å²) in [4.78, 5) is 23.4. The van der Waals surface area contributed by atoms with Gasteiger partial charge in [0.05, 0.1) is 6.61 Å². The summed E-state index contributed by atoms with van der Waals surface area (Å²) >= 11 is 5.12. The number of ether oxygens (including phenoxy) is 1. The van der Waals surface area contributed by atoms with Crippen LogP contribution >= 0.6 is 12.2 Å². The number of thiocarbonyl (C=S) groups is 1. The number of amides is 2. The van der Waals surface area contributed by atoms with Crippen LogP contribution in [0.1, 0.15) is 34.1 Å². The lowest BCUT2D eigenvalue weighted by molar-refractivity contribution is 0.0974. The Morgan fingerprint density at radius 3 is 2.48 bits per heavy atom. The average Bonchev–Trinajstić information content (AvgIpc) is 2.60. The molecule has 0 aliphatic carbocycles. The van der Waals surface area contributed by atoms with Gasteiger partial charge in [-0.2, -0.15) is 0 Å². The van der Waals surface area contributed by atoms with Gasteiger partial charge in [0.15, 0.2) is 5.11 Å². The van der Waals surface area contributed by atoms with E-state index in [2.05, 4.69) is 10.6 Å². The molecule has 0 radical (unpaired) electrons. The Bertz CT molecular complexity index is 775. The fourth-order valence-electron chi connectivity index (χ4n) is 2.01. The van der Waals surface area contributed by atoms with Gasteiger partial charge >= 0.3 is 0 Å². The Morgan fingerprint density at radius 1 is 1.12 bits per heavy atom. The van der Waals surface area contributed by atoms with Crippen molar-refractivity contribution >= 4 is 34.8 Å². The lowest BCUT2D eigenvalue weighted by Gasteiger charge is -2.10. The first-order valence-corrected chi connectivity index (χ1v) is 8.15. The lowest BCUT2D eigenvalue weighted by atomic mass is 10.2. The average molecular weight is 357 g/mol. The van der Waals surface area contributed by atoms with E-state index in [1.54, 1.807) is 48.5 Å². The lowest BCUT2D eigenvalue weighted by Crippen LogP contribution is -2.34. The van der Waals surface area contributed by atoms with Gasteiger partial charge in [0.1, 0.15) is 5.75 Å². The van der Waals surface area contributed by atoms with Crippen LogP contribution in [0.4, 0.5) is 5.69 Å². The first-order chi connectivity index (χ1) is 12.0. The molecule has 0 spiro atoms. The van der Waals surface area contributed by atoms with Crippen molar-refractivity contribution in [3.8, 4) is 5.75 Å².